The van der Waals surface area contributed by atoms with Crippen molar-refractivity contribution in [3.8, 4) is 10.4 Å². The molecule has 0 atom stereocenters. The first-order chi connectivity index (χ1) is 8.22. The Morgan fingerprint density at radius 2 is 2.35 bits per heavy atom. The quantitative estimate of drug-likeness (QED) is 0.847. The molecule has 88 valence electrons. The summed E-state index contributed by atoms with van der Waals surface area (Å²) in [5.41, 5.74) is 3.93. The van der Waals surface area contributed by atoms with Crippen LogP contribution < -0.4 is 5.32 Å². The van der Waals surface area contributed by atoms with Crippen LogP contribution in [0.3, 0.4) is 0 Å². The Kier molecular flexibility index (Phi) is 3.49. The molecular weight excluding hydrogens is 239 g/mol. The zero-order chi connectivity index (χ0) is 12.3. The standard InChI is InChI=1S/C12H11FN2OS/c1-8-12(17-7-15-8)9-2-3-10(5-14-6-16)11(13)4-9/h2-4,6-7H,5H2,1H3,(H,14,16). The van der Waals surface area contributed by atoms with Gasteiger partial charge in [-0.3, -0.25) is 4.79 Å². The summed E-state index contributed by atoms with van der Waals surface area (Å²) in [6, 6.07) is 4.99. The van der Waals surface area contributed by atoms with Crippen LogP contribution in [0.5, 0.6) is 0 Å². The van der Waals surface area contributed by atoms with E-state index in [1.165, 1.54) is 17.4 Å². The molecule has 1 aromatic carbocycles. The summed E-state index contributed by atoms with van der Waals surface area (Å²) in [6.45, 7) is 2.10. The molecule has 1 N–H and O–H groups in total. The zero-order valence-corrected chi connectivity index (χ0v) is 10.1. The van der Waals surface area contributed by atoms with Crippen molar-refractivity contribution < 1.29 is 9.18 Å². The maximum absolute atomic E-state index is 13.7. The number of aryl methyl sites for hydroxylation is 1. The van der Waals surface area contributed by atoms with Crippen LogP contribution in [-0.2, 0) is 11.3 Å². The molecule has 0 saturated heterocycles. The molecule has 0 unspecified atom stereocenters. The van der Waals surface area contributed by atoms with E-state index in [9.17, 15) is 9.18 Å². The Hall–Kier alpha value is -1.75. The molecule has 2 aromatic rings. The predicted molar refractivity (Wildman–Crippen MR) is 65.1 cm³/mol. The highest BCUT2D eigenvalue weighted by molar-refractivity contribution is 7.13. The van der Waals surface area contributed by atoms with E-state index in [-0.39, 0.29) is 12.4 Å². The van der Waals surface area contributed by atoms with E-state index in [0.717, 1.165) is 16.1 Å². The summed E-state index contributed by atoms with van der Waals surface area (Å²) in [5.74, 6) is -0.315. The topological polar surface area (TPSA) is 42.0 Å². The molecule has 0 saturated carbocycles. The van der Waals surface area contributed by atoms with Crippen molar-refractivity contribution in [1.29, 1.82) is 0 Å². The van der Waals surface area contributed by atoms with Crippen LogP contribution in [0.4, 0.5) is 4.39 Å². The average Bonchev–Trinajstić information content (AvgIpc) is 2.74. The van der Waals surface area contributed by atoms with Gasteiger partial charge in [0.05, 0.1) is 16.1 Å². The Labute approximate surface area is 102 Å². The van der Waals surface area contributed by atoms with E-state index in [4.69, 9.17) is 0 Å². The van der Waals surface area contributed by atoms with E-state index in [1.807, 2.05) is 13.0 Å². The minimum Gasteiger partial charge on any atom is -0.354 e. The monoisotopic (exact) mass is 250 g/mol. The minimum absolute atomic E-state index is 0.206. The number of carbonyl (C=O) groups is 1. The first-order valence-corrected chi connectivity index (χ1v) is 5.96. The van der Waals surface area contributed by atoms with Crippen LogP contribution in [0.25, 0.3) is 10.4 Å². The molecule has 0 spiro atoms. The second-order valence-electron chi connectivity index (χ2n) is 3.57. The second-order valence-corrected chi connectivity index (χ2v) is 4.43. The Balaban J connectivity index is 2.31. The van der Waals surface area contributed by atoms with Crippen LogP contribution in [0.2, 0.25) is 0 Å². The molecule has 0 aliphatic rings. The summed E-state index contributed by atoms with van der Waals surface area (Å²) in [6.07, 6.45) is 0.556. The maximum atomic E-state index is 13.7. The number of rotatable bonds is 4. The van der Waals surface area contributed by atoms with Gasteiger partial charge in [0.1, 0.15) is 5.82 Å². The van der Waals surface area contributed by atoms with Crippen molar-refractivity contribution in [3.63, 3.8) is 0 Å². The average molecular weight is 250 g/mol. The van der Waals surface area contributed by atoms with Crippen molar-refractivity contribution >= 4 is 17.7 Å². The summed E-state index contributed by atoms with van der Waals surface area (Å²) in [4.78, 5) is 15.3. The molecule has 0 fully saturated rings. The van der Waals surface area contributed by atoms with Gasteiger partial charge in [0.2, 0.25) is 6.41 Å². The SMILES string of the molecule is Cc1ncsc1-c1ccc(CNC=O)c(F)c1. The van der Waals surface area contributed by atoms with Gasteiger partial charge in [-0.2, -0.15) is 0 Å². The van der Waals surface area contributed by atoms with Gasteiger partial charge in [-0.1, -0.05) is 12.1 Å². The van der Waals surface area contributed by atoms with E-state index < -0.39 is 0 Å². The lowest BCUT2D eigenvalue weighted by molar-refractivity contribution is -0.109. The molecule has 3 nitrogen and oxygen atoms in total. The van der Waals surface area contributed by atoms with Crippen molar-refractivity contribution in [2.24, 2.45) is 0 Å². The normalized spacial score (nSPS) is 10.2. The van der Waals surface area contributed by atoms with Gasteiger partial charge in [0.15, 0.2) is 0 Å². The van der Waals surface area contributed by atoms with Gasteiger partial charge in [0.25, 0.3) is 0 Å². The molecule has 0 aliphatic heterocycles. The third kappa shape index (κ3) is 2.50. The first-order valence-electron chi connectivity index (χ1n) is 5.08. The lowest BCUT2D eigenvalue weighted by Gasteiger charge is -2.05. The van der Waals surface area contributed by atoms with Gasteiger partial charge in [-0.05, 0) is 18.6 Å². The van der Waals surface area contributed by atoms with E-state index in [1.54, 1.807) is 11.6 Å². The van der Waals surface area contributed by atoms with Crippen molar-refractivity contribution in [2.75, 3.05) is 0 Å². The van der Waals surface area contributed by atoms with Crippen LogP contribution in [0, 0.1) is 12.7 Å². The number of aromatic nitrogens is 1. The zero-order valence-electron chi connectivity index (χ0n) is 9.24. The highest BCUT2D eigenvalue weighted by atomic mass is 32.1. The van der Waals surface area contributed by atoms with Gasteiger partial charge < -0.3 is 5.32 Å². The number of amides is 1. The van der Waals surface area contributed by atoms with Crippen LogP contribution in [-0.4, -0.2) is 11.4 Å². The molecule has 1 aromatic heterocycles. The molecule has 0 aliphatic carbocycles. The van der Waals surface area contributed by atoms with Crippen molar-refractivity contribution in [1.82, 2.24) is 10.3 Å². The Bertz CT molecular complexity index is 539. The molecule has 1 amide bonds. The van der Waals surface area contributed by atoms with Crippen LogP contribution >= 0.6 is 11.3 Å². The lowest BCUT2D eigenvalue weighted by atomic mass is 10.1. The van der Waals surface area contributed by atoms with Crippen molar-refractivity contribution in [3.05, 3.63) is 40.8 Å². The molecule has 2 rings (SSSR count). The third-order valence-corrected chi connectivity index (χ3v) is 3.41. The summed E-state index contributed by atoms with van der Waals surface area (Å²) in [5, 5.41) is 2.44. The van der Waals surface area contributed by atoms with Gasteiger partial charge in [-0.15, -0.1) is 11.3 Å². The molecule has 0 radical (unpaired) electrons. The fourth-order valence-electron chi connectivity index (χ4n) is 1.56. The number of halogens is 1. The number of nitrogens with zero attached hydrogens (tertiary/aromatic N) is 1. The first kappa shape index (κ1) is 11.7. The largest absolute Gasteiger partial charge is 0.354 e. The Morgan fingerprint density at radius 3 is 2.94 bits per heavy atom. The van der Waals surface area contributed by atoms with Gasteiger partial charge >= 0.3 is 0 Å². The lowest BCUT2D eigenvalue weighted by Crippen LogP contribution is -2.11. The van der Waals surface area contributed by atoms with Crippen molar-refractivity contribution in [2.45, 2.75) is 13.5 Å². The second kappa shape index (κ2) is 5.05. The fourth-order valence-corrected chi connectivity index (χ4v) is 2.37. The number of hydrogen-bond donors (Lipinski definition) is 1. The molecule has 17 heavy (non-hydrogen) atoms. The highest BCUT2D eigenvalue weighted by Crippen LogP contribution is 2.28. The summed E-state index contributed by atoms with van der Waals surface area (Å²) < 4.78 is 13.7. The fraction of sp³-hybridized carbons (Fsp3) is 0.167. The predicted octanol–water partition coefficient (Wildman–Crippen LogP) is 2.50. The number of carbonyl (C=O) groups excluding carboxylic acids is 1. The van der Waals surface area contributed by atoms with Crippen LogP contribution in [0.1, 0.15) is 11.3 Å². The minimum atomic E-state index is -0.315. The van der Waals surface area contributed by atoms with Gasteiger partial charge in [0, 0.05) is 12.1 Å². The molecule has 1 heterocycles. The van der Waals surface area contributed by atoms with Gasteiger partial charge in [-0.25, -0.2) is 9.37 Å². The van der Waals surface area contributed by atoms with E-state index >= 15 is 0 Å². The Morgan fingerprint density at radius 1 is 1.53 bits per heavy atom. The number of hydrogen-bond acceptors (Lipinski definition) is 3. The number of benzene rings is 1. The van der Waals surface area contributed by atoms with E-state index in [0.29, 0.717) is 12.0 Å². The number of nitrogens with one attached hydrogen (secondary N) is 1. The highest BCUT2D eigenvalue weighted by Gasteiger charge is 2.08. The summed E-state index contributed by atoms with van der Waals surface area (Å²) >= 11 is 1.49. The molecule has 5 heteroatoms. The smallest absolute Gasteiger partial charge is 0.207 e. The molecule has 0 bridgehead atoms. The summed E-state index contributed by atoms with van der Waals surface area (Å²) in [7, 11) is 0. The third-order valence-electron chi connectivity index (χ3n) is 2.44. The van der Waals surface area contributed by atoms with E-state index in [2.05, 4.69) is 10.3 Å². The molecular formula is C12H11FN2OS. The van der Waals surface area contributed by atoms with Crippen LogP contribution in [0.15, 0.2) is 23.7 Å². The maximum Gasteiger partial charge on any atom is 0.207 e. The number of thiazole rings is 1.